The molecule has 446 valence electrons. The van der Waals surface area contributed by atoms with Crippen LogP contribution in [-0.4, -0.2) is 147 Å². The van der Waals surface area contributed by atoms with Crippen LogP contribution in [0.4, 0.5) is 17.8 Å². The molecule has 0 saturated carbocycles. The van der Waals surface area contributed by atoms with Crippen molar-refractivity contribution >= 4 is 76.9 Å². The van der Waals surface area contributed by atoms with Gasteiger partial charge in [0.1, 0.15) is 42.9 Å². The highest BCUT2D eigenvalue weighted by Gasteiger charge is 2.48. The summed E-state index contributed by atoms with van der Waals surface area (Å²) < 4.78 is 36.5. The summed E-state index contributed by atoms with van der Waals surface area (Å²) in [7, 11) is 0. The molecule has 3 aliphatic rings. The zero-order chi connectivity index (χ0) is 61.3. The number of carbonyl (C=O) groups excluding carboxylic acids is 4. The van der Waals surface area contributed by atoms with Crippen molar-refractivity contribution in [2.24, 2.45) is 11.8 Å². The van der Waals surface area contributed by atoms with E-state index >= 15 is 0 Å². The number of carbonyl (C=O) groups is 4. The number of rotatable bonds is 14. The monoisotopic (exact) mass is 1150 g/mol. The fourth-order valence-corrected chi connectivity index (χ4v) is 10.4. The van der Waals surface area contributed by atoms with Crippen LogP contribution in [0.1, 0.15) is 84.5 Å². The lowest BCUT2D eigenvalue weighted by Gasteiger charge is -2.21. The number of aromatic amines is 1. The number of hydrogen-bond acceptors (Lipinski definition) is 24. The number of esters is 2. The van der Waals surface area contributed by atoms with Crippen LogP contribution in [0.3, 0.4) is 0 Å². The second-order valence-electron chi connectivity index (χ2n) is 19.0. The summed E-state index contributed by atoms with van der Waals surface area (Å²) in [5.41, 5.74) is 18.0. The number of allylic oxidation sites excluding steroid dienone is 3. The summed E-state index contributed by atoms with van der Waals surface area (Å²) in [5, 5.41) is 29.4. The van der Waals surface area contributed by atoms with E-state index in [4.69, 9.17) is 50.5 Å². The van der Waals surface area contributed by atoms with Gasteiger partial charge in [-0.15, -0.1) is 19.7 Å². The van der Waals surface area contributed by atoms with Crippen LogP contribution < -0.4 is 39.8 Å². The third-order valence-electron chi connectivity index (χ3n) is 13.8. The van der Waals surface area contributed by atoms with Crippen LogP contribution in [-0.2, 0) is 62.5 Å². The van der Waals surface area contributed by atoms with E-state index in [0.29, 0.717) is 34.5 Å². The van der Waals surface area contributed by atoms with Gasteiger partial charge in [0.15, 0.2) is 53.3 Å². The van der Waals surface area contributed by atoms with Crippen molar-refractivity contribution < 1.29 is 58.2 Å². The highest BCUT2D eigenvalue weighted by molar-refractivity contribution is 5.77. The molecule has 0 amide bonds. The van der Waals surface area contributed by atoms with E-state index in [-0.39, 0.29) is 84.0 Å². The molecule has 12 atom stereocenters. The van der Waals surface area contributed by atoms with E-state index in [9.17, 15) is 44.1 Å². The lowest BCUT2D eigenvalue weighted by molar-refractivity contribution is -0.154. The molecule has 6 aromatic heterocycles. The van der Waals surface area contributed by atoms with Gasteiger partial charge in [0, 0.05) is 45.3 Å². The second kappa shape index (κ2) is 27.3. The Kier molecular flexibility index (Phi) is 21.4. The van der Waals surface area contributed by atoms with Crippen molar-refractivity contribution in [3.05, 3.63) is 91.2 Å². The molecule has 0 aliphatic carbocycles. The number of hydrogen-bond donors (Lipinski definition) is 7. The molecule has 31 heteroatoms. The number of nitrogen functional groups attached to an aromatic ring is 3. The molecular formula is C51H71N15O16. The quantitative estimate of drug-likeness (QED) is 0.0557. The zero-order valence-corrected chi connectivity index (χ0v) is 46.7. The van der Waals surface area contributed by atoms with Crippen molar-refractivity contribution in [3.8, 4) is 0 Å². The maximum absolute atomic E-state index is 13.2. The van der Waals surface area contributed by atoms with Gasteiger partial charge >= 0.3 is 29.0 Å². The van der Waals surface area contributed by atoms with Crippen molar-refractivity contribution in [1.82, 2.24) is 57.3 Å². The lowest BCUT2D eigenvalue weighted by atomic mass is 9.98. The van der Waals surface area contributed by atoms with Gasteiger partial charge in [-0.25, -0.2) is 38.1 Å². The maximum atomic E-state index is 13.2. The first kappa shape index (κ1) is 64.3. The van der Waals surface area contributed by atoms with Gasteiger partial charge < -0.3 is 65.8 Å². The molecule has 31 nitrogen and oxygen atoms in total. The van der Waals surface area contributed by atoms with Gasteiger partial charge in [0.05, 0.1) is 30.2 Å². The van der Waals surface area contributed by atoms with Crippen LogP contribution in [0.5, 0.6) is 0 Å². The standard InChI is InChI=1S/C18H25N5O4.C17H23N5O5.C14H19N5O5.2CH2O/c1-6-8-22-13-10(4)20-17(19)21-15(13)23(18(22)25)16-14(26-11(5)24)9(3)12(7-2)27-16;1-5-7-21-11-13(19-16(18)20-14(11)24)22(17(21)25)15-12(26-9(4)23)8(3)10(6-2)27-15;1-3-4-18-8-6(2)16-13(15)17-11(8)19(14(18)23)12-10(22)9(21)7(5-20)24-12;2*1-2/h6,9,12,14,16H,1,7-8H2,2-5H3,(H2,19,20,21);5,8,10,12,15H,1,6-7H2,2-4H3,(H3,18,19,20,24);3,7,9-10,12,20-22H,1,4-5H2,2H3,(H2,15,16,17);2*1H2/t9-,12-,14-,16-;8-,10-,12-,15-;7-,9-,10-,12-;;/m111../s1. The number of aliphatic hydroxyl groups is 3. The Morgan fingerprint density at radius 3 is 1.29 bits per heavy atom. The largest absolute Gasteiger partial charge is 0.457 e. The van der Waals surface area contributed by atoms with E-state index in [2.05, 4.69) is 49.6 Å². The maximum Gasteiger partial charge on any atom is 0.333 e. The third-order valence-corrected chi connectivity index (χ3v) is 13.8. The van der Waals surface area contributed by atoms with Crippen LogP contribution in [0.2, 0.25) is 0 Å². The molecule has 10 N–H and O–H groups in total. The summed E-state index contributed by atoms with van der Waals surface area (Å²) in [6, 6.07) is 0. The Labute approximate surface area is 467 Å². The number of H-pyrrole nitrogens is 1. The Hall–Kier alpha value is -8.49. The minimum Gasteiger partial charge on any atom is -0.457 e. The molecule has 3 saturated heterocycles. The average molecular weight is 1150 g/mol. The van der Waals surface area contributed by atoms with Crippen LogP contribution in [0.15, 0.2) is 57.1 Å². The summed E-state index contributed by atoms with van der Waals surface area (Å²) in [5.74, 6) is -1.22. The molecule has 9 rings (SSSR count). The van der Waals surface area contributed by atoms with E-state index in [0.717, 1.165) is 11.0 Å². The van der Waals surface area contributed by atoms with Gasteiger partial charge in [0.2, 0.25) is 17.8 Å². The summed E-state index contributed by atoms with van der Waals surface area (Å²) in [6.45, 7) is 28.9. The fraction of sp³-hybridized carbons (Fsp3) is 0.510. The van der Waals surface area contributed by atoms with Crippen molar-refractivity contribution in [2.75, 3.05) is 23.8 Å². The molecule has 0 unspecified atom stereocenters. The number of nitrogens with one attached hydrogen (secondary N) is 1. The minimum absolute atomic E-state index is 0.0313. The third kappa shape index (κ3) is 12.2. The van der Waals surface area contributed by atoms with E-state index in [1.54, 1.807) is 19.9 Å². The summed E-state index contributed by atoms with van der Waals surface area (Å²) in [6.07, 6.45) is -2.25. The molecule has 0 bridgehead atoms. The van der Waals surface area contributed by atoms with Gasteiger partial charge in [-0.3, -0.25) is 33.1 Å². The zero-order valence-electron chi connectivity index (χ0n) is 46.7. The first-order valence-electron chi connectivity index (χ1n) is 25.7. The van der Waals surface area contributed by atoms with Gasteiger partial charge in [0.25, 0.3) is 5.56 Å². The SMILES string of the molecule is C=CCn1c(=O)n([C@@H]2O[C@H](CC)[C@@H](C)[C@H]2OC(C)=O)c2nc(N)[nH]c(=O)c21.C=CCn1c(=O)n([C@@H]2O[C@H](CC)[C@@H](C)[C@H]2OC(C)=O)c2nc(N)nc(C)c21.C=CCn1c(=O)n([C@@H]2O[C@H](CO)[C@@H](O)[C@H]2O)c2nc(N)nc(C)c21.C=O.C=O. The highest BCUT2D eigenvalue weighted by atomic mass is 16.6. The number of aryl methyl sites for hydroxylation is 2. The van der Waals surface area contributed by atoms with Crippen LogP contribution >= 0.6 is 0 Å². The smallest absolute Gasteiger partial charge is 0.333 e. The molecule has 82 heavy (non-hydrogen) atoms. The van der Waals surface area contributed by atoms with Crippen molar-refractivity contribution in [3.63, 3.8) is 0 Å². The number of aromatic nitrogens is 12. The van der Waals surface area contributed by atoms with Crippen molar-refractivity contribution in [2.45, 2.75) is 149 Å². The molecule has 0 aromatic carbocycles. The molecule has 3 fully saturated rings. The second-order valence-corrected chi connectivity index (χ2v) is 19.0. The Balaban J connectivity index is 0.000000219. The van der Waals surface area contributed by atoms with E-state index in [1.165, 1.54) is 48.8 Å². The van der Waals surface area contributed by atoms with Crippen LogP contribution in [0.25, 0.3) is 33.5 Å². The van der Waals surface area contributed by atoms with Crippen LogP contribution in [0, 0.1) is 25.7 Å². The molecule has 3 aliphatic heterocycles. The summed E-state index contributed by atoms with van der Waals surface area (Å²) >= 11 is 0. The topological polar surface area (TPSA) is 431 Å². The molecule has 0 spiro atoms. The molecule has 9 heterocycles. The van der Waals surface area contributed by atoms with E-state index < -0.39 is 84.7 Å². The fourth-order valence-electron chi connectivity index (χ4n) is 10.4. The molecular weight excluding hydrogens is 1080 g/mol. The number of nitrogens with zero attached hydrogens (tertiary/aromatic N) is 11. The predicted molar refractivity (Wildman–Crippen MR) is 297 cm³/mol. The number of imidazole rings is 3. The number of ether oxygens (including phenoxy) is 5. The Morgan fingerprint density at radius 2 is 0.951 bits per heavy atom. The first-order chi connectivity index (χ1) is 39.0. The normalized spacial score (nSPS) is 24.5. The van der Waals surface area contributed by atoms with Crippen molar-refractivity contribution in [1.29, 1.82) is 0 Å². The summed E-state index contributed by atoms with van der Waals surface area (Å²) in [4.78, 5) is 114. The molecule has 0 radical (unpaired) electrons. The number of anilines is 3. The lowest BCUT2D eigenvalue weighted by Crippen LogP contribution is -2.36. The number of aliphatic hydroxyl groups excluding tert-OH is 3. The van der Waals surface area contributed by atoms with E-state index in [1.807, 2.05) is 41.3 Å². The molecule has 6 aromatic rings. The Morgan fingerprint density at radius 1 is 0.598 bits per heavy atom. The minimum atomic E-state index is -1.40. The number of fused-ring (bicyclic) bond motifs is 3. The van der Waals surface area contributed by atoms with Gasteiger partial charge in [-0.05, 0) is 26.7 Å². The Bertz CT molecular complexity index is 3560. The highest BCUT2D eigenvalue weighted by Crippen LogP contribution is 2.40. The average Bonchev–Trinajstić information content (AvgIpc) is 2.46. The predicted octanol–water partition coefficient (Wildman–Crippen LogP) is -0.0142. The number of nitrogens with two attached hydrogens (primary N) is 3. The van der Waals surface area contributed by atoms with Gasteiger partial charge in [-0.1, -0.05) is 45.9 Å². The first-order valence-corrected chi connectivity index (χ1v) is 25.7. The van der Waals surface area contributed by atoms with Gasteiger partial charge in [-0.2, -0.15) is 15.0 Å².